The van der Waals surface area contributed by atoms with Crippen LogP contribution in [0.1, 0.15) is 87.1 Å². The number of unbranched alkanes of at least 4 members (excludes halogenated alkanes) is 1. The van der Waals surface area contributed by atoms with Gasteiger partial charge in [-0.3, -0.25) is 4.79 Å². The maximum atomic E-state index is 13.7. The molecule has 0 heterocycles. The van der Waals surface area contributed by atoms with Gasteiger partial charge in [0.25, 0.3) is 0 Å². The molecule has 0 saturated heterocycles. The Labute approximate surface area is 203 Å². The second kappa shape index (κ2) is 13.2. The minimum Gasteiger partial charge on any atom is -0.456 e. The average molecular weight is 476 g/mol. The Balaban J connectivity index is 3.39. The van der Waals surface area contributed by atoms with Crippen molar-refractivity contribution in [3.8, 4) is 0 Å². The van der Waals surface area contributed by atoms with Crippen molar-refractivity contribution in [3.05, 3.63) is 47.5 Å². The largest absolute Gasteiger partial charge is 0.456 e. The minimum absolute atomic E-state index is 0.189. The molecule has 1 amide bonds. The number of esters is 1. The lowest BCUT2D eigenvalue weighted by Crippen LogP contribution is -2.44. The van der Waals surface area contributed by atoms with Crippen LogP contribution in [0.4, 0.5) is 4.79 Å². The van der Waals surface area contributed by atoms with E-state index in [9.17, 15) is 14.4 Å². The number of amides is 1. The van der Waals surface area contributed by atoms with Gasteiger partial charge in [0.2, 0.25) is 0 Å². The summed E-state index contributed by atoms with van der Waals surface area (Å²) in [5, 5.41) is 5.85. The van der Waals surface area contributed by atoms with Gasteiger partial charge < -0.3 is 25.8 Å². The molecule has 0 unspecified atom stereocenters. The van der Waals surface area contributed by atoms with E-state index in [-0.39, 0.29) is 16.9 Å². The molecule has 4 N–H and O–H groups in total. The maximum Gasteiger partial charge on any atom is 0.408 e. The fourth-order valence-electron chi connectivity index (χ4n) is 3.23. The number of carbonyl (C=O) groups excluding carboxylic acids is 3. The second-order valence-corrected chi connectivity index (χ2v) is 10.1. The molecule has 0 aromatic heterocycles. The predicted molar refractivity (Wildman–Crippen MR) is 134 cm³/mol. The van der Waals surface area contributed by atoms with Crippen LogP contribution in [0.2, 0.25) is 0 Å². The summed E-state index contributed by atoms with van der Waals surface area (Å²) in [5.74, 6) is -0.973. The number of benzene rings is 1. The van der Waals surface area contributed by atoms with E-state index in [0.717, 1.165) is 0 Å². The number of hydrogen-bond donors (Lipinski definition) is 3. The number of nitrogens with two attached hydrogens (primary N) is 1. The van der Waals surface area contributed by atoms with E-state index >= 15 is 0 Å². The Bertz CT molecular complexity index is 853. The summed E-state index contributed by atoms with van der Waals surface area (Å²) in [6, 6.07) is 4.21. The van der Waals surface area contributed by atoms with E-state index in [4.69, 9.17) is 15.2 Å². The van der Waals surface area contributed by atoms with Crippen LogP contribution in [0.5, 0.6) is 0 Å². The van der Waals surface area contributed by atoms with E-state index in [1.807, 2.05) is 0 Å². The van der Waals surface area contributed by atoms with Crippen molar-refractivity contribution in [1.82, 2.24) is 10.6 Å². The van der Waals surface area contributed by atoms with E-state index in [1.54, 1.807) is 65.8 Å². The van der Waals surface area contributed by atoms with Gasteiger partial charge in [-0.15, -0.1) is 6.58 Å². The van der Waals surface area contributed by atoms with Crippen molar-refractivity contribution >= 4 is 17.8 Å². The number of ketones is 1. The van der Waals surface area contributed by atoms with Crippen molar-refractivity contribution in [1.29, 1.82) is 0 Å². The molecule has 1 rings (SSSR count). The molecule has 1 aromatic carbocycles. The van der Waals surface area contributed by atoms with Gasteiger partial charge in [-0.05, 0) is 72.9 Å². The molecule has 0 bridgehead atoms. The lowest BCUT2D eigenvalue weighted by Gasteiger charge is -2.25. The number of rotatable bonds is 12. The molecule has 0 aliphatic rings. The first-order valence-corrected chi connectivity index (χ1v) is 11.7. The Morgan fingerprint density at radius 2 is 1.71 bits per heavy atom. The summed E-state index contributed by atoms with van der Waals surface area (Å²) in [6.45, 7) is 15.6. The van der Waals surface area contributed by atoms with E-state index in [2.05, 4.69) is 17.2 Å². The van der Waals surface area contributed by atoms with Crippen molar-refractivity contribution < 1.29 is 23.9 Å². The second-order valence-electron chi connectivity index (χ2n) is 10.1. The van der Waals surface area contributed by atoms with Crippen LogP contribution >= 0.6 is 0 Å². The molecule has 0 saturated carbocycles. The first-order valence-electron chi connectivity index (χ1n) is 11.7. The molecular weight excluding hydrogens is 434 g/mol. The highest BCUT2D eigenvalue weighted by Crippen LogP contribution is 2.23. The van der Waals surface area contributed by atoms with Crippen LogP contribution in [0.15, 0.2) is 30.9 Å². The van der Waals surface area contributed by atoms with Crippen LogP contribution in [0.25, 0.3) is 0 Å². The molecule has 0 aliphatic heterocycles. The maximum absolute atomic E-state index is 13.7. The zero-order valence-corrected chi connectivity index (χ0v) is 21.5. The molecule has 1 aromatic rings. The highest BCUT2D eigenvalue weighted by atomic mass is 16.6. The van der Waals surface area contributed by atoms with Crippen LogP contribution in [-0.4, -0.2) is 48.2 Å². The van der Waals surface area contributed by atoms with Crippen molar-refractivity contribution in [2.24, 2.45) is 5.73 Å². The molecule has 8 nitrogen and oxygen atoms in total. The number of hydrogen-bond acceptors (Lipinski definition) is 7. The topological polar surface area (TPSA) is 120 Å². The Hall–Kier alpha value is -2.71. The van der Waals surface area contributed by atoms with Crippen molar-refractivity contribution in [2.75, 3.05) is 13.1 Å². The smallest absolute Gasteiger partial charge is 0.408 e. The van der Waals surface area contributed by atoms with Crippen LogP contribution in [-0.2, 0) is 16.0 Å². The van der Waals surface area contributed by atoms with E-state index in [1.165, 1.54) is 0 Å². The molecule has 0 spiro atoms. The standard InChI is InChI=1S/C26H41N3O5/c1-8-16-28-17-18-12-11-13-19(21(18)23(31)33-25(2,3)4)22(30)20(14-9-10-15-27)29-24(32)34-26(5,6)7/h8,11-13,20,28H,1,9-10,14-17,27H2,2-7H3,(H,29,32)/t20-/m0/s1. The lowest BCUT2D eigenvalue weighted by atomic mass is 9.92. The molecule has 0 aliphatic carbocycles. The first-order chi connectivity index (χ1) is 15.8. The third-order valence-electron chi connectivity index (χ3n) is 4.58. The fraction of sp³-hybridized carbons (Fsp3) is 0.577. The quantitative estimate of drug-likeness (QED) is 0.180. The molecule has 0 fully saturated rings. The number of ether oxygens (including phenoxy) is 2. The Morgan fingerprint density at radius 3 is 2.26 bits per heavy atom. The van der Waals surface area contributed by atoms with Gasteiger partial charge in [0.1, 0.15) is 11.2 Å². The van der Waals surface area contributed by atoms with Gasteiger partial charge in [0.15, 0.2) is 5.78 Å². The molecule has 190 valence electrons. The summed E-state index contributed by atoms with van der Waals surface area (Å²) < 4.78 is 11.0. The first kappa shape index (κ1) is 29.3. The van der Waals surface area contributed by atoms with Crippen LogP contribution in [0.3, 0.4) is 0 Å². The monoisotopic (exact) mass is 475 g/mol. The van der Waals surface area contributed by atoms with Gasteiger partial charge in [0, 0.05) is 18.7 Å². The fourth-order valence-corrected chi connectivity index (χ4v) is 3.23. The number of Topliss-reactive ketones (excluding diaryl/α,β-unsaturated/α-hetero) is 1. The third kappa shape index (κ3) is 10.5. The van der Waals surface area contributed by atoms with E-state index < -0.39 is 29.3 Å². The molecular formula is C26H41N3O5. The highest BCUT2D eigenvalue weighted by molar-refractivity contribution is 6.10. The summed E-state index contributed by atoms with van der Waals surface area (Å²) >= 11 is 0. The third-order valence-corrected chi connectivity index (χ3v) is 4.58. The van der Waals surface area contributed by atoms with Gasteiger partial charge in [-0.2, -0.15) is 0 Å². The van der Waals surface area contributed by atoms with Gasteiger partial charge >= 0.3 is 12.1 Å². The van der Waals surface area contributed by atoms with Crippen LogP contribution < -0.4 is 16.4 Å². The number of alkyl carbamates (subject to hydrolysis) is 1. The predicted octanol–water partition coefficient (Wildman–Crippen LogP) is 4.12. The molecule has 34 heavy (non-hydrogen) atoms. The Kier molecular flexibility index (Phi) is 11.4. The molecule has 0 radical (unpaired) electrons. The normalized spacial score (nSPS) is 12.6. The van der Waals surface area contributed by atoms with E-state index in [0.29, 0.717) is 44.5 Å². The van der Waals surface area contributed by atoms with Crippen molar-refractivity contribution in [3.63, 3.8) is 0 Å². The molecule has 1 atom stereocenters. The average Bonchev–Trinajstić information content (AvgIpc) is 2.70. The van der Waals surface area contributed by atoms with Gasteiger partial charge in [0.05, 0.1) is 11.6 Å². The zero-order chi connectivity index (χ0) is 25.9. The summed E-state index contributed by atoms with van der Waals surface area (Å²) in [5.41, 5.74) is 5.17. The summed E-state index contributed by atoms with van der Waals surface area (Å²) in [4.78, 5) is 39.3. The minimum atomic E-state index is -0.876. The SMILES string of the molecule is C=CCNCc1cccc(C(=O)[C@H](CCCCN)NC(=O)OC(C)(C)C)c1C(=O)OC(C)(C)C. The Morgan fingerprint density at radius 1 is 1.06 bits per heavy atom. The van der Waals surface area contributed by atoms with Crippen LogP contribution in [0, 0.1) is 0 Å². The van der Waals surface area contributed by atoms with Gasteiger partial charge in [-0.1, -0.05) is 24.3 Å². The molecule has 8 heteroatoms. The zero-order valence-electron chi connectivity index (χ0n) is 21.5. The lowest BCUT2D eigenvalue weighted by molar-refractivity contribution is 0.00662. The summed E-state index contributed by atoms with van der Waals surface area (Å²) in [6.07, 6.45) is 2.71. The van der Waals surface area contributed by atoms with Crippen molar-refractivity contribution in [2.45, 2.75) is 84.6 Å². The number of nitrogens with one attached hydrogen (secondary N) is 2. The number of carbonyl (C=O) groups is 3. The highest BCUT2D eigenvalue weighted by Gasteiger charge is 2.31. The summed E-state index contributed by atoms with van der Waals surface area (Å²) in [7, 11) is 0. The van der Waals surface area contributed by atoms with Gasteiger partial charge in [-0.25, -0.2) is 9.59 Å².